The molecule has 0 bridgehead atoms. The molecule has 0 fully saturated rings. The Bertz CT molecular complexity index is 2710. The Morgan fingerprint density at radius 1 is 0.605 bits per heavy atom. The molecule has 198 valence electrons. The molecule has 6 aromatic carbocycles. The summed E-state index contributed by atoms with van der Waals surface area (Å²) in [5.41, 5.74) is 8.96. The van der Waals surface area contributed by atoms with Crippen LogP contribution in [0.2, 0.25) is 0 Å². The largest absolute Gasteiger partial charge is 0.456 e. The molecule has 5 heteroatoms. The minimum atomic E-state index is 0.343. The Morgan fingerprint density at radius 3 is 2.09 bits per heavy atom. The maximum atomic E-state index is 9.78. The van der Waals surface area contributed by atoms with Crippen LogP contribution in [0, 0.1) is 17.9 Å². The number of para-hydroxylation sites is 2. The van der Waals surface area contributed by atoms with Crippen LogP contribution in [-0.4, -0.2) is 4.57 Å². The first-order chi connectivity index (χ1) is 21.2. The molecule has 0 amide bonds. The molecule has 0 unspecified atom stereocenters. The summed E-state index contributed by atoms with van der Waals surface area (Å²) in [6, 6.07) is 40.9. The zero-order chi connectivity index (χ0) is 28.7. The molecule has 0 saturated carbocycles. The molecule has 0 aliphatic heterocycles. The van der Waals surface area contributed by atoms with Gasteiger partial charge in [-0.1, -0.05) is 54.6 Å². The lowest BCUT2D eigenvalue weighted by Gasteiger charge is -2.09. The molecule has 0 saturated heterocycles. The molecule has 0 radical (unpaired) electrons. The van der Waals surface area contributed by atoms with Crippen molar-refractivity contribution >= 4 is 71.4 Å². The third-order valence-electron chi connectivity index (χ3n) is 8.46. The van der Waals surface area contributed by atoms with Gasteiger partial charge in [-0.05, 0) is 71.8 Å². The first-order valence-electron chi connectivity index (χ1n) is 13.9. The zero-order valence-electron chi connectivity index (χ0n) is 22.6. The maximum absolute atomic E-state index is 9.78. The minimum absolute atomic E-state index is 0.343. The number of rotatable bonds is 2. The third-order valence-corrected chi connectivity index (χ3v) is 8.46. The Morgan fingerprint density at radius 2 is 1.28 bits per heavy atom. The van der Waals surface area contributed by atoms with Crippen LogP contribution in [0.4, 0.5) is 5.69 Å². The standard InChI is InChI=1S/C38H19N3O2/c1-40-31-15-12-25(18-24(31)21-39)41-32-16-11-22(23-10-13-28-26-6-2-4-8-34(26)42-36(28)20-23)19-30(32)37-33(41)17-14-29-27-7-3-5-9-35(27)43-38(29)37/h2-20H. The topological polar surface area (TPSA) is 59.4 Å². The monoisotopic (exact) mass is 549 g/mol. The van der Waals surface area contributed by atoms with Crippen molar-refractivity contribution in [3.8, 4) is 22.9 Å². The fraction of sp³-hybridized carbons (Fsp3) is 0. The smallest absolute Gasteiger partial charge is 0.204 e. The second kappa shape index (κ2) is 8.60. The van der Waals surface area contributed by atoms with Gasteiger partial charge >= 0.3 is 0 Å². The number of fused-ring (bicyclic) bond motifs is 10. The van der Waals surface area contributed by atoms with Gasteiger partial charge in [-0.3, -0.25) is 0 Å². The van der Waals surface area contributed by atoms with Gasteiger partial charge in [0, 0.05) is 32.6 Å². The highest BCUT2D eigenvalue weighted by molar-refractivity contribution is 6.24. The number of furan rings is 2. The molecule has 0 aliphatic carbocycles. The lowest BCUT2D eigenvalue weighted by atomic mass is 10.0. The van der Waals surface area contributed by atoms with Crippen LogP contribution in [0.15, 0.2) is 124 Å². The summed E-state index contributed by atoms with van der Waals surface area (Å²) in [6.45, 7) is 7.47. The summed E-state index contributed by atoms with van der Waals surface area (Å²) in [4.78, 5) is 3.53. The summed E-state index contributed by atoms with van der Waals surface area (Å²) < 4.78 is 14.9. The van der Waals surface area contributed by atoms with Gasteiger partial charge in [-0.2, -0.15) is 5.26 Å². The van der Waals surface area contributed by atoms with Crippen LogP contribution < -0.4 is 0 Å². The van der Waals surface area contributed by atoms with E-state index in [-0.39, 0.29) is 0 Å². The fourth-order valence-electron chi connectivity index (χ4n) is 6.50. The number of nitriles is 1. The lowest BCUT2D eigenvalue weighted by molar-refractivity contribution is 0.669. The van der Waals surface area contributed by atoms with Crippen molar-refractivity contribution in [1.82, 2.24) is 4.57 Å². The average molecular weight is 550 g/mol. The molecule has 0 spiro atoms. The average Bonchev–Trinajstić information content (AvgIpc) is 3.73. The molecule has 0 N–H and O–H groups in total. The molecule has 9 aromatic rings. The molecule has 3 heterocycles. The maximum Gasteiger partial charge on any atom is 0.204 e. The van der Waals surface area contributed by atoms with E-state index < -0.39 is 0 Å². The van der Waals surface area contributed by atoms with Crippen molar-refractivity contribution < 1.29 is 8.83 Å². The van der Waals surface area contributed by atoms with E-state index in [4.69, 9.17) is 15.4 Å². The van der Waals surface area contributed by atoms with Crippen molar-refractivity contribution in [2.45, 2.75) is 0 Å². The Kier molecular flexibility index (Phi) is 4.68. The van der Waals surface area contributed by atoms with Crippen LogP contribution in [0.3, 0.4) is 0 Å². The number of aromatic nitrogens is 1. The molecule has 9 rings (SSSR count). The van der Waals surface area contributed by atoms with Gasteiger partial charge in [0.2, 0.25) is 5.69 Å². The van der Waals surface area contributed by atoms with Gasteiger partial charge in [0.05, 0.1) is 34.6 Å². The van der Waals surface area contributed by atoms with Crippen molar-refractivity contribution in [1.29, 1.82) is 5.26 Å². The Balaban J connectivity index is 1.36. The van der Waals surface area contributed by atoms with E-state index in [0.29, 0.717) is 11.3 Å². The van der Waals surface area contributed by atoms with Crippen molar-refractivity contribution in [2.75, 3.05) is 0 Å². The predicted octanol–water partition coefficient (Wildman–Crippen LogP) is 10.7. The van der Waals surface area contributed by atoms with E-state index in [2.05, 4.69) is 76.1 Å². The highest BCUT2D eigenvalue weighted by atomic mass is 16.3. The molecule has 0 aliphatic rings. The van der Waals surface area contributed by atoms with Gasteiger partial charge in [-0.15, -0.1) is 0 Å². The first-order valence-corrected chi connectivity index (χ1v) is 13.9. The van der Waals surface area contributed by atoms with Gasteiger partial charge in [0.25, 0.3) is 0 Å². The van der Waals surface area contributed by atoms with Crippen molar-refractivity contribution in [2.24, 2.45) is 0 Å². The van der Waals surface area contributed by atoms with E-state index in [1.54, 1.807) is 12.1 Å². The number of benzene rings is 6. The number of nitrogens with zero attached hydrogens (tertiary/aromatic N) is 3. The summed E-state index contributed by atoms with van der Waals surface area (Å²) >= 11 is 0. The number of hydrogen-bond acceptors (Lipinski definition) is 3. The quantitative estimate of drug-likeness (QED) is 0.202. The summed E-state index contributed by atoms with van der Waals surface area (Å²) in [5, 5.41) is 16.1. The lowest BCUT2D eigenvalue weighted by Crippen LogP contribution is -1.94. The summed E-state index contributed by atoms with van der Waals surface area (Å²) in [7, 11) is 0. The van der Waals surface area contributed by atoms with Crippen LogP contribution in [0.25, 0.3) is 87.3 Å². The number of hydrogen-bond donors (Lipinski definition) is 0. The van der Waals surface area contributed by atoms with Gasteiger partial charge in [0.15, 0.2) is 0 Å². The van der Waals surface area contributed by atoms with Crippen molar-refractivity contribution in [3.05, 3.63) is 132 Å². The van der Waals surface area contributed by atoms with E-state index in [0.717, 1.165) is 82.5 Å². The highest BCUT2D eigenvalue weighted by Crippen LogP contribution is 2.42. The van der Waals surface area contributed by atoms with Crippen LogP contribution in [-0.2, 0) is 0 Å². The second-order valence-electron chi connectivity index (χ2n) is 10.7. The SMILES string of the molecule is [C-]#[N+]c1ccc(-n2c3ccc(-c4ccc5c(c4)oc4ccccc45)cc3c3c4oc5ccccc5c4ccc32)cc1C#N. The van der Waals surface area contributed by atoms with E-state index in [9.17, 15) is 5.26 Å². The normalized spacial score (nSPS) is 11.7. The van der Waals surface area contributed by atoms with Crippen LogP contribution in [0.5, 0.6) is 0 Å². The molecule has 43 heavy (non-hydrogen) atoms. The van der Waals surface area contributed by atoms with E-state index in [1.807, 2.05) is 42.5 Å². The van der Waals surface area contributed by atoms with Crippen LogP contribution >= 0.6 is 0 Å². The van der Waals surface area contributed by atoms with Crippen LogP contribution in [0.1, 0.15) is 5.56 Å². The van der Waals surface area contributed by atoms with E-state index >= 15 is 0 Å². The van der Waals surface area contributed by atoms with Gasteiger partial charge in [-0.25, -0.2) is 4.85 Å². The van der Waals surface area contributed by atoms with Gasteiger partial charge < -0.3 is 13.4 Å². The Hall–Kier alpha value is -6.30. The molecule has 0 atom stereocenters. The molecular formula is C38H19N3O2. The van der Waals surface area contributed by atoms with E-state index in [1.165, 1.54) is 0 Å². The molecule has 5 nitrogen and oxygen atoms in total. The van der Waals surface area contributed by atoms with Gasteiger partial charge in [0.1, 0.15) is 22.3 Å². The zero-order valence-corrected chi connectivity index (χ0v) is 22.6. The molecule has 3 aromatic heterocycles. The third kappa shape index (κ3) is 3.25. The first kappa shape index (κ1) is 23.4. The van der Waals surface area contributed by atoms with Crippen molar-refractivity contribution in [3.63, 3.8) is 0 Å². The molecular weight excluding hydrogens is 530 g/mol. The second-order valence-corrected chi connectivity index (χ2v) is 10.7. The summed E-state index contributed by atoms with van der Waals surface area (Å²) in [5.74, 6) is 0. The Labute approximate surface area is 244 Å². The highest BCUT2D eigenvalue weighted by Gasteiger charge is 2.20. The fourth-order valence-corrected chi connectivity index (χ4v) is 6.50. The minimum Gasteiger partial charge on any atom is -0.456 e. The predicted molar refractivity (Wildman–Crippen MR) is 172 cm³/mol. The summed E-state index contributed by atoms with van der Waals surface area (Å²) in [6.07, 6.45) is 0.